The van der Waals surface area contributed by atoms with Gasteiger partial charge in [0.1, 0.15) is 0 Å². The Hall–Kier alpha value is -0.260. The van der Waals surface area contributed by atoms with Crippen molar-refractivity contribution in [3.63, 3.8) is 0 Å². The summed E-state index contributed by atoms with van der Waals surface area (Å²) < 4.78 is 0. The Bertz CT molecular complexity index is 155. The van der Waals surface area contributed by atoms with Gasteiger partial charge in [-0.05, 0) is 31.1 Å². The van der Waals surface area contributed by atoms with Crippen LogP contribution in [-0.2, 0) is 0 Å². The summed E-state index contributed by atoms with van der Waals surface area (Å²) in [6.45, 7) is 9.27. The lowest BCUT2D eigenvalue weighted by Crippen LogP contribution is -2.18. The minimum atomic E-state index is 0.573. The van der Waals surface area contributed by atoms with E-state index in [1.165, 1.54) is 12.8 Å². The summed E-state index contributed by atoms with van der Waals surface area (Å²) in [6, 6.07) is 0. The standard InChI is InChI=1S/C10H18/c1-5-10(4)7-8(2)6-9(10)3/h6,9H,5,7H2,1-4H3. The highest BCUT2D eigenvalue weighted by atomic mass is 14.4. The number of hydrogen-bond acceptors (Lipinski definition) is 0. The Kier molecular flexibility index (Phi) is 1.89. The molecule has 0 heterocycles. The molecule has 0 radical (unpaired) electrons. The van der Waals surface area contributed by atoms with Gasteiger partial charge in [-0.25, -0.2) is 0 Å². The summed E-state index contributed by atoms with van der Waals surface area (Å²) in [5.41, 5.74) is 2.15. The van der Waals surface area contributed by atoms with Gasteiger partial charge in [-0.3, -0.25) is 0 Å². The second kappa shape index (κ2) is 2.41. The summed E-state index contributed by atoms with van der Waals surface area (Å²) in [4.78, 5) is 0. The van der Waals surface area contributed by atoms with Gasteiger partial charge in [0.2, 0.25) is 0 Å². The smallest absolute Gasteiger partial charge is 0.0202 e. The second-order valence-electron chi connectivity index (χ2n) is 3.99. The van der Waals surface area contributed by atoms with Crippen LogP contribution in [0.3, 0.4) is 0 Å². The number of allylic oxidation sites excluding steroid dienone is 2. The molecule has 0 aromatic rings. The molecule has 0 heteroatoms. The van der Waals surface area contributed by atoms with Crippen molar-refractivity contribution in [1.29, 1.82) is 0 Å². The minimum Gasteiger partial charge on any atom is -0.0822 e. The predicted molar refractivity (Wildman–Crippen MR) is 45.9 cm³/mol. The van der Waals surface area contributed by atoms with Crippen LogP contribution < -0.4 is 0 Å². The molecule has 0 fully saturated rings. The van der Waals surface area contributed by atoms with Crippen LogP contribution in [0.4, 0.5) is 0 Å². The van der Waals surface area contributed by atoms with E-state index in [9.17, 15) is 0 Å². The van der Waals surface area contributed by atoms with Crippen LogP contribution in [0.25, 0.3) is 0 Å². The largest absolute Gasteiger partial charge is 0.0822 e. The Balaban J connectivity index is 2.70. The fraction of sp³-hybridized carbons (Fsp3) is 0.800. The van der Waals surface area contributed by atoms with Crippen LogP contribution in [0.2, 0.25) is 0 Å². The van der Waals surface area contributed by atoms with Gasteiger partial charge >= 0.3 is 0 Å². The molecule has 0 N–H and O–H groups in total. The molecule has 2 atom stereocenters. The first-order valence-electron chi connectivity index (χ1n) is 4.26. The molecular weight excluding hydrogens is 120 g/mol. The van der Waals surface area contributed by atoms with E-state index in [2.05, 4.69) is 33.8 Å². The van der Waals surface area contributed by atoms with Crippen LogP contribution in [0.1, 0.15) is 40.5 Å². The molecule has 0 amide bonds. The zero-order valence-electron chi connectivity index (χ0n) is 7.57. The summed E-state index contributed by atoms with van der Waals surface area (Å²) in [6.07, 6.45) is 5.04. The van der Waals surface area contributed by atoms with Gasteiger partial charge in [-0.2, -0.15) is 0 Å². The third-order valence-electron chi connectivity index (χ3n) is 3.12. The van der Waals surface area contributed by atoms with Crippen molar-refractivity contribution in [2.75, 3.05) is 0 Å². The Labute approximate surface area is 64.3 Å². The molecule has 0 saturated heterocycles. The molecule has 0 aromatic carbocycles. The Morgan fingerprint density at radius 3 is 2.50 bits per heavy atom. The normalized spacial score (nSPS) is 40.0. The molecule has 1 aliphatic carbocycles. The maximum Gasteiger partial charge on any atom is -0.0202 e. The zero-order valence-corrected chi connectivity index (χ0v) is 7.57. The first-order valence-corrected chi connectivity index (χ1v) is 4.26. The summed E-state index contributed by atoms with van der Waals surface area (Å²) in [5, 5.41) is 0. The van der Waals surface area contributed by atoms with E-state index in [1.807, 2.05) is 0 Å². The lowest BCUT2D eigenvalue weighted by atomic mass is 9.77. The SMILES string of the molecule is CCC1(C)CC(C)=CC1C. The molecule has 0 spiro atoms. The molecule has 0 saturated carbocycles. The van der Waals surface area contributed by atoms with Crippen molar-refractivity contribution in [2.45, 2.75) is 40.5 Å². The van der Waals surface area contributed by atoms with Crippen LogP contribution >= 0.6 is 0 Å². The molecule has 58 valence electrons. The predicted octanol–water partition coefficient (Wildman–Crippen LogP) is 3.39. The quantitative estimate of drug-likeness (QED) is 0.487. The second-order valence-corrected chi connectivity index (χ2v) is 3.99. The topological polar surface area (TPSA) is 0 Å². The van der Waals surface area contributed by atoms with Gasteiger partial charge in [0.25, 0.3) is 0 Å². The van der Waals surface area contributed by atoms with E-state index in [4.69, 9.17) is 0 Å². The lowest BCUT2D eigenvalue weighted by molar-refractivity contribution is 0.254. The zero-order chi connectivity index (χ0) is 7.78. The monoisotopic (exact) mass is 138 g/mol. The molecule has 10 heavy (non-hydrogen) atoms. The molecule has 1 rings (SSSR count). The van der Waals surface area contributed by atoms with E-state index in [1.54, 1.807) is 5.57 Å². The third kappa shape index (κ3) is 1.12. The van der Waals surface area contributed by atoms with E-state index in [0.717, 1.165) is 5.92 Å². The van der Waals surface area contributed by atoms with Crippen molar-refractivity contribution in [2.24, 2.45) is 11.3 Å². The van der Waals surface area contributed by atoms with E-state index in [-0.39, 0.29) is 0 Å². The van der Waals surface area contributed by atoms with Crippen LogP contribution in [0, 0.1) is 11.3 Å². The first-order chi connectivity index (χ1) is 4.58. The molecule has 1 aliphatic rings. The van der Waals surface area contributed by atoms with Crippen molar-refractivity contribution in [3.8, 4) is 0 Å². The van der Waals surface area contributed by atoms with Crippen molar-refractivity contribution in [3.05, 3.63) is 11.6 Å². The molecule has 0 aromatic heterocycles. The third-order valence-corrected chi connectivity index (χ3v) is 3.12. The van der Waals surface area contributed by atoms with E-state index >= 15 is 0 Å². The molecule has 0 nitrogen and oxygen atoms in total. The van der Waals surface area contributed by atoms with Gasteiger partial charge in [-0.15, -0.1) is 0 Å². The average molecular weight is 138 g/mol. The molecule has 2 unspecified atom stereocenters. The summed E-state index contributed by atoms with van der Waals surface area (Å²) in [7, 11) is 0. The Morgan fingerprint density at radius 1 is 1.70 bits per heavy atom. The molecule has 0 bridgehead atoms. The fourth-order valence-electron chi connectivity index (χ4n) is 1.93. The van der Waals surface area contributed by atoms with Gasteiger partial charge in [0.15, 0.2) is 0 Å². The van der Waals surface area contributed by atoms with Gasteiger partial charge in [0.05, 0.1) is 0 Å². The highest BCUT2D eigenvalue weighted by Gasteiger charge is 2.32. The van der Waals surface area contributed by atoms with E-state index in [0.29, 0.717) is 5.41 Å². The van der Waals surface area contributed by atoms with Crippen LogP contribution in [0.5, 0.6) is 0 Å². The highest BCUT2D eigenvalue weighted by Crippen LogP contribution is 2.43. The van der Waals surface area contributed by atoms with Crippen molar-refractivity contribution >= 4 is 0 Å². The summed E-state index contributed by atoms with van der Waals surface area (Å²) >= 11 is 0. The van der Waals surface area contributed by atoms with Crippen LogP contribution in [-0.4, -0.2) is 0 Å². The van der Waals surface area contributed by atoms with Crippen molar-refractivity contribution < 1.29 is 0 Å². The first kappa shape index (κ1) is 7.84. The average Bonchev–Trinajstić information content (AvgIpc) is 2.09. The summed E-state index contributed by atoms with van der Waals surface area (Å²) in [5.74, 6) is 0.789. The van der Waals surface area contributed by atoms with E-state index < -0.39 is 0 Å². The molecular formula is C10H18. The lowest BCUT2D eigenvalue weighted by Gasteiger charge is -2.27. The van der Waals surface area contributed by atoms with Crippen LogP contribution in [0.15, 0.2) is 11.6 Å². The Morgan fingerprint density at radius 2 is 2.30 bits per heavy atom. The minimum absolute atomic E-state index is 0.573. The molecule has 0 aliphatic heterocycles. The highest BCUT2D eigenvalue weighted by molar-refractivity contribution is 5.14. The maximum absolute atomic E-state index is 2.42. The van der Waals surface area contributed by atoms with Crippen molar-refractivity contribution in [1.82, 2.24) is 0 Å². The van der Waals surface area contributed by atoms with Gasteiger partial charge in [0, 0.05) is 0 Å². The number of rotatable bonds is 1. The fourth-order valence-corrected chi connectivity index (χ4v) is 1.93. The number of hydrogen-bond donors (Lipinski definition) is 0. The maximum atomic E-state index is 2.42. The van der Waals surface area contributed by atoms with Gasteiger partial charge < -0.3 is 0 Å². The van der Waals surface area contributed by atoms with Gasteiger partial charge in [-0.1, -0.05) is 32.4 Å².